The first-order valence-corrected chi connectivity index (χ1v) is 7.86. The van der Waals surface area contributed by atoms with Crippen molar-refractivity contribution in [3.63, 3.8) is 0 Å². The monoisotopic (exact) mass is 344 g/mol. The van der Waals surface area contributed by atoms with Gasteiger partial charge in [-0.2, -0.15) is 0 Å². The number of nitrogens with one attached hydrogen (secondary N) is 2. The fourth-order valence-corrected chi connectivity index (χ4v) is 2.01. The van der Waals surface area contributed by atoms with E-state index in [1.807, 2.05) is 0 Å². The molecule has 2 aromatic carbocycles. The van der Waals surface area contributed by atoms with Gasteiger partial charge in [0.2, 0.25) is 0 Å². The highest BCUT2D eigenvalue weighted by molar-refractivity contribution is 5.95. The van der Waals surface area contributed by atoms with E-state index in [-0.39, 0.29) is 11.7 Å². The Morgan fingerprint density at radius 1 is 1.00 bits per heavy atom. The Kier molecular flexibility index (Phi) is 5.75. The smallest absolute Gasteiger partial charge is 0.412 e. The van der Waals surface area contributed by atoms with E-state index >= 15 is 0 Å². The number of halogens is 1. The summed E-state index contributed by atoms with van der Waals surface area (Å²) in [5.41, 5.74) is 1.21. The Morgan fingerprint density at radius 2 is 1.60 bits per heavy atom. The average Bonchev–Trinajstić information content (AvgIpc) is 2.53. The summed E-state index contributed by atoms with van der Waals surface area (Å²) in [7, 11) is 0. The van der Waals surface area contributed by atoms with Gasteiger partial charge in [-0.3, -0.25) is 10.1 Å². The topological polar surface area (TPSA) is 67.4 Å². The van der Waals surface area contributed by atoms with E-state index in [0.29, 0.717) is 17.8 Å². The lowest BCUT2D eigenvalue weighted by atomic mass is 10.1. The zero-order valence-electron chi connectivity index (χ0n) is 14.4. The third-order valence-electron chi connectivity index (χ3n) is 3.16. The Bertz CT molecular complexity index is 735. The van der Waals surface area contributed by atoms with Gasteiger partial charge in [-0.25, -0.2) is 9.18 Å². The van der Waals surface area contributed by atoms with Crippen LogP contribution in [-0.4, -0.2) is 17.6 Å². The van der Waals surface area contributed by atoms with Gasteiger partial charge in [-0.15, -0.1) is 0 Å². The number of carbonyl (C=O) groups excluding carboxylic acids is 2. The zero-order chi connectivity index (χ0) is 18.4. The van der Waals surface area contributed by atoms with Gasteiger partial charge in [0.1, 0.15) is 11.4 Å². The van der Waals surface area contributed by atoms with Crippen LogP contribution in [-0.2, 0) is 11.3 Å². The van der Waals surface area contributed by atoms with Crippen LogP contribution < -0.4 is 10.6 Å². The van der Waals surface area contributed by atoms with Crippen molar-refractivity contribution in [2.45, 2.75) is 32.9 Å². The van der Waals surface area contributed by atoms with E-state index in [1.165, 1.54) is 12.1 Å². The maximum Gasteiger partial charge on any atom is 0.412 e. The highest BCUT2D eigenvalue weighted by Crippen LogP contribution is 2.13. The number of benzene rings is 2. The molecule has 0 heterocycles. The first-order chi connectivity index (χ1) is 11.7. The summed E-state index contributed by atoms with van der Waals surface area (Å²) in [6.07, 6.45) is -0.555. The van der Waals surface area contributed by atoms with E-state index < -0.39 is 11.7 Å². The summed E-state index contributed by atoms with van der Waals surface area (Å²) >= 11 is 0. The minimum atomic E-state index is -0.579. The summed E-state index contributed by atoms with van der Waals surface area (Å²) in [6, 6.07) is 12.4. The number of rotatable bonds is 4. The molecule has 25 heavy (non-hydrogen) atoms. The van der Waals surface area contributed by atoms with Crippen molar-refractivity contribution >= 4 is 17.7 Å². The van der Waals surface area contributed by atoms with Crippen LogP contribution in [0.15, 0.2) is 48.5 Å². The summed E-state index contributed by atoms with van der Waals surface area (Å²) < 4.78 is 18.0. The SMILES string of the molecule is CC(C)(C)OC(=O)Nc1ccc(C(=O)NCc2ccc(F)cc2)cc1. The Balaban J connectivity index is 1.89. The van der Waals surface area contributed by atoms with E-state index in [1.54, 1.807) is 57.2 Å². The standard InChI is InChI=1S/C19H21FN2O3/c1-19(2,3)25-18(24)22-16-10-6-14(7-11-16)17(23)21-12-13-4-8-15(20)9-5-13/h4-11H,12H2,1-3H3,(H,21,23)(H,22,24). The third-order valence-corrected chi connectivity index (χ3v) is 3.16. The molecule has 132 valence electrons. The molecule has 2 aromatic rings. The van der Waals surface area contributed by atoms with Crippen molar-refractivity contribution in [3.05, 3.63) is 65.5 Å². The van der Waals surface area contributed by atoms with E-state index in [2.05, 4.69) is 10.6 Å². The molecule has 0 unspecified atom stereocenters. The molecule has 0 bridgehead atoms. The summed E-state index contributed by atoms with van der Waals surface area (Å²) in [5.74, 6) is -0.573. The molecule has 0 saturated heterocycles. The van der Waals surface area contributed by atoms with Gasteiger partial charge in [0.05, 0.1) is 0 Å². The Labute approximate surface area is 146 Å². The van der Waals surface area contributed by atoms with Crippen molar-refractivity contribution in [2.75, 3.05) is 5.32 Å². The molecule has 0 saturated carbocycles. The second-order valence-corrected chi connectivity index (χ2v) is 6.51. The molecule has 0 fully saturated rings. The van der Waals surface area contributed by atoms with Crippen molar-refractivity contribution in [2.24, 2.45) is 0 Å². The fourth-order valence-electron chi connectivity index (χ4n) is 2.01. The van der Waals surface area contributed by atoms with Crippen LogP contribution in [0.2, 0.25) is 0 Å². The van der Waals surface area contributed by atoms with E-state index in [0.717, 1.165) is 5.56 Å². The van der Waals surface area contributed by atoms with E-state index in [9.17, 15) is 14.0 Å². The first kappa shape index (κ1) is 18.4. The number of carbonyl (C=O) groups is 2. The second kappa shape index (κ2) is 7.79. The number of hydrogen-bond acceptors (Lipinski definition) is 3. The lowest BCUT2D eigenvalue weighted by Gasteiger charge is -2.19. The lowest BCUT2D eigenvalue weighted by molar-refractivity contribution is 0.0635. The zero-order valence-corrected chi connectivity index (χ0v) is 14.4. The van der Waals surface area contributed by atoms with Crippen molar-refractivity contribution in [1.29, 1.82) is 0 Å². The molecular formula is C19H21FN2O3. The maximum atomic E-state index is 12.8. The predicted molar refractivity (Wildman–Crippen MR) is 93.9 cm³/mol. The van der Waals surface area contributed by atoms with Gasteiger partial charge in [0.25, 0.3) is 5.91 Å². The van der Waals surface area contributed by atoms with Gasteiger partial charge in [0.15, 0.2) is 0 Å². The van der Waals surface area contributed by atoms with Crippen molar-refractivity contribution < 1.29 is 18.7 Å². The lowest BCUT2D eigenvalue weighted by Crippen LogP contribution is -2.27. The Hall–Kier alpha value is -2.89. The molecular weight excluding hydrogens is 323 g/mol. The van der Waals surface area contributed by atoms with Crippen LogP contribution >= 0.6 is 0 Å². The van der Waals surface area contributed by atoms with Crippen LogP contribution in [0.4, 0.5) is 14.9 Å². The number of amides is 2. The second-order valence-electron chi connectivity index (χ2n) is 6.51. The Morgan fingerprint density at radius 3 is 2.16 bits per heavy atom. The van der Waals surface area contributed by atoms with Gasteiger partial charge >= 0.3 is 6.09 Å². The quantitative estimate of drug-likeness (QED) is 0.877. The summed E-state index contributed by atoms with van der Waals surface area (Å²) in [4.78, 5) is 23.8. The van der Waals surface area contributed by atoms with Crippen LogP contribution in [0.1, 0.15) is 36.7 Å². The first-order valence-electron chi connectivity index (χ1n) is 7.86. The molecule has 2 N–H and O–H groups in total. The molecule has 0 aliphatic heterocycles. The van der Waals surface area contributed by atoms with Gasteiger partial charge in [-0.05, 0) is 62.7 Å². The molecule has 0 radical (unpaired) electrons. The molecule has 0 aliphatic carbocycles. The van der Waals surface area contributed by atoms with Gasteiger partial charge in [0, 0.05) is 17.8 Å². The highest BCUT2D eigenvalue weighted by atomic mass is 19.1. The largest absolute Gasteiger partial charge is 0.444 e. The molecule has 0 spiro atoms. The maximum absolute atomic E-state index is 12.8. The molecule has 2 rings (SSSR count). The van der Waals surface area contributed by atoms with Crippen molar-refractivity contribution in [3.8, 4) is 0 Å². The highest BCUT2D eigenvalue weighted by Gasteiger charge is 2.16. The molecule has 0 atom stereocenters. The predicted octanol–water partition coefficient (Wildman–Crippen LogP) is 4.10. The fraction of sp³-hybridized carbons (Fsp3) is 0.263. The minimum Gasteiger partial charge on any atom is -0.444 e. The van der Waals surface area contributed by atoms with Gasteiger partial charge < -0.3 is 10.1 Å². The molecule has 0 aliphatic rings. The third kappa shape index (κ3) is 6.25. The number of ether oxygens (including phenoxy) is 1. The molecule has 5 nitrogen and oxygen atoms in total. The average molecular weight is 344 g/mol. The summed E-state index contributed by atoms with van der Waals surface area (Å²) in [5, 5.41) is 5.35. The van der Waals surface area contributed by atoms with Crippen LogP contribution in [0, 0.1) is 5.82 Å². The molecule has 2 amide bonds. The number of anilines is 1. The normalized spacial score (nSPS) is 10.9. The van der Waals surface area contributed by atoms with Crippen LogP contribution in [0.3, 0.4) is 0 Å². The van der Waals surface area contributed by atoms with E-state index in [4.69, 9.17) is 4.74 Å². The minimum absolute atomic E-state index is 0.256. The number of hydrogen-bond donors (Lipinski definition) is 2. The molecule has 6 heteroatoms. The van der Waals surface area contributed by atoms with Crippen LogP contribution in [0.25, 0.3) is 0 Å². The molecule has 0 aromatic heterocycles. The van der Waals surface area contributed by atoms with Crippen molar-refractivity contribution in [1.82, 2.24) is 5.32 Å². The summed E-state index contributed by atoms with van der Waals surface area (Å²) in [6.45, 7) is 5.64. The van der Waals surface area contributed by atoms with Crippen LogP contribution in [0.5, 0.6) is 0 Å². The van der Waals surface area contributed by atoms with Gasteiger partial charge in [-0.1, -0.05) is 12.1 Å².